The smallest absolute Gasteiger partial charge is 0.295 e. The number of morpholine rings is 1. The maximum Gasteiger partial charge on any atom is 0.295 e. The van der Waals surface area contributed by atoms with Crippen molar-refractivity contribution in [2.45, 2.75) is 19.6 Å². The van der Waals surface area contributed by atoms with Gasteiger partial charge in [-0.1, -0.05) is 42.0 Å². The lowest BCUT2D eigenvalue weighted by Crippen LogP contribution is -2.42. The van der Waals surface area contributed by atoms with Gasteiger partial charge in [0, 0.05) is 31.7 Å². The van der Waals surface area contributed by atoms with Gasteiger partial charge in [-0.25, -0.2) is 0 Å². The van der Waals surface area contributed by atoms with Crippen LogP contribution in [0.4, 0.5) is 0 Å². The zero-order chi connectivity index (χ0) is 27.4. The molecule has 1 amide bonds. The number of hydrogen-bond donors (Lipinski definition) is 2. The molecule has 39 heavy (non-hydrogen) atoms. The van der Waals surface area contributed by atoms with E-state index < -0.39 is 17.7 Å². The molecule has 1 atom stereocenters. The second kappa shape index (κ2) is 11.7. The van der Waals surface area contributed by atoms with Gasteiger partial charge in [0.2, 0.25) is 0 Å². The first-order chi connectivity index (χ1) is 18.9. The number of aliphatic hydroxyl groups excluding tert-OH is 1. The van der Waals surface area contributed by atoms with Gasteiger partial charge in [0.15, 0.2) is 0 Å². The molecule has 0 unspecified atom stereocenters. The number of likely N-dealkylation sites (tertiary alicyclic amines) is 1. The number of aryl methyl sites for hydroxylation is 1. The van der Waals surface area contributed by atoms with Crippen molar-refractivity contribution in [1.82, 2.24) is 9.80 Å². The summed E-state index contributed by atoms with van der Waals surface area (Å²) in [5.74, 6) is -0.932. The van der Waals surface area contributed by atoms with E-state index in [1.54, 1.807) is 36.4 Å². The van der Waals surface area contributed by atoms with Crippen molar-refractivity contribution in [2.24, 2.45) is 0 Å². The van der Waals surface area contributed by atoms with Crippen molar-refractivity contribution in [3.05, 3.63) is 101 Å². The van der Waals surface area contributed by atoms with Gasteiger partial charge in [0.1, 0.15) is 23.9 Å². The van der Waals surface area contributed by atoms with Gasteiger partial charge in [-0.2, -0.15) is 0 Å². The van der Waals surface area contributed by atoms with Crippen LogP contribution in [-0.4, -0.2) is 71.1 Å². The number of phenols is 1. The Morgan fingerprint density at radius 3 is 2.38 bits per heavy atom. The molecule has 2 saturated heterocycles. The zero-order valence-corrected chi connectivity index (χ0v) is 21.9. The van der Waals surface area contributed by atoms with Crippen LogP contribution in [0.15, 0.2) is 78.4 Å². The van der Waals surface area contributed by atoms with E-state index in [4.69, 9.17) is 9.47 Å². The molecule has 0 saturated carbocycles. The molecular weight excluding hydrogens is 496 g/mol. The third kappa shape index (κ3) is 5.97. The quantitative estimate of drug-likeness (QED) is 0.259. The number of ether oxygens (including phenoxy) is 2. The SMILES string of the molecule is Cc1cccc(COc2ccc(/C(O)=C3\C(=O)C(=O)N(CCN4CCOCC4)[C@H]3c3ccc(O)cc3)cc2)c1. The summed E-state index contributed by atoms with van der Waals surface area (Å²) in [7, 11) is 0. The lowest BCUT2D eigenvalue weighted by Gasteiger charge is -2.31. The van der Waals surface area contributed by atoms with Gasteiger partial charge in [-0.05, 0) is 54.4 Å². The molecular formula is C31H32N2O6. The molecule has 2 aliphatic heterocycles. The summed E-state index contributed by atoms with van der Waals surface area (Å²) in [4.78, 5) is 30.2. The molecule has 2 heterocycles. The largest absolute Gasteiger partial charge is 0.508 e. The standard InChI is InChI=1S/C31H32N2O6/c1-21-3-2-4-22(19-21)20-39-26-11-7-24(8-12-26)29(35)27-28(23-5-9-25(34)10-6-23)33(31(37)30(27)36)14-13-32-15-17-38-18-16-32/h2-12,19,28,34-35H,13-18,20H2,1H3/b29-27+/t28-/m0/s1. The van der Waals surface area contributed by atoms with Gasteiger partial charge in [-0.3, -0.25) is 14.5 Å². The Morgan fingerprint density at radius 1 is 0.974 bits per heavy atom. The molecule has 2 fully saturated rings. The minimum Gasteiger partial charge on any atom is -0.508 e. The highest BCUT2D eigenvalue weighted by Crippen LogP contribution is 2.39. The number of phenolic OH excluding ortho intramolecular Hbond substituents is 1. The van der Waals surface area contributed by atoms with Crippen LogP contribution in [0.25, 0.3) is 5.76 Å². The van der Waals surface area contributed by atoms with Gasteiger partial charge < -0.3 is 24.6 Å². The number of hydrogen-bond acceptors (Lipinski definition) is 7. The minimum absolute atomic E-state index is 0.0288. The number of carbonyl (C=O) groups is 2. The normalized spacial score (nSPS) is 19.4. The van der Waals surface area contributed by atoms with E-state index in [9.17, 15) is 19.8 Å². The van der Waals surface area contributed by atoms with E-state index in [1.807, 2.05) is 25.1 Å². The molecule has 8 nitrogen and oxygen atoms in total. The molecule has 0 spiro atoms. The fourth-order valence-corrected chi connectivity index (χ4v) is 5.02. The molecule has 5 rings (SSSR count). The predicted octanol–water partition coefficient (Wildman–Crippen LogP) is 4.03. The van der Waals surface area contributed by atoms with Crippen molar-refractivity contribution < 1.29 is 29.3 Å². The average Bonchev–Trinajstić information content (AvgIpc) is 3.21. The van der Waals surface area contributed by atoms with Crippen molar-refractivity contribution in [2.75, 3.05) is 39.4 Å². The number of carbonyl (C=O) groups excluding carboxylic acids is 2. The highest BCUT2D eigenvalue weighted by Gasteiger charge is 2.46. The third-order valence-corrected chi connectivity index (χ3v) is 7.13. The van der Waals surface area contributed by atoms with E-state index in [0.29, 0.717) is 49.8 Å². The minimum atomic E-state index is -0.774. The predicted molar refractivity (Wildman–Crippen MR) is 146 cm³/mol. The first-order valence-corrected chi connectivity index (χ1v) is 13.1. The van der Waals surface area contributed by atoms with Gasteiger partial charge in [-0.15, -0.1) is 0 Å². The van der Waals surface area contributed by atoms with Crippen LogP contribution in [0, 0.1) is 6.92 Å². The lowest BCUT2D eigenvalue weighted by atomic mass is 9.95. The first-order valence-electron chi connectivity index (χ1n) is 13.1. The van der Waals surface area contributed by atoms with Gasteiger partial charge in [0.05, 0.1) is 24.8 Å². The Labute approximate surface area is 227 Å². The second-order valence-corrected chi connectivity index (χ2v) is 9.84. The number of benzene rings is 3. The van der Waals surface area contributed by atoms with E-state index in [2.05, 4.69) is 11.0 Å². The number of nitrogens with zero attached hydrogens (tertiary/aromatic N) is 2. The zero-order valence-electron chi connectivity index (χ0n) is 21.9. The van der Waals surface area contributed by atoms with Gasteiger partial charge in [0.25, 0.3) is 11.7 Å². The van der Waals surface area contributed by atoms with Crippen molar-refractivity contribution in [3.63, 3.8) is 0 Å². The highest BCUT2D eigenvalue weighted by molar-refractivity contribution is 6.46. The summed E-state index contributed by atoms with van der Waals surface area (Å²) in [6.07, 6.45) is 0. The highest BCUT2D eigenvalue weighted by atomic mass is 16.5. The van der Waals surface area contributed by atoms with Crippen molar-refractivity contribution >= 4 is 17.4 Å². The third-order valence-electron chi connectivity index (χ3n) is 7.13. The number of amides is 1. The molecule has 3 aromatic rings. The fraction of sp³-hybridized carbons (Fsp3) is 0.290. The van der Waals surface area contributed by atoms with Crippen LogP contribution in [0.5, 0.6) is 11.5 Å². The lowest BCUT2D eigenvalue weighted by molar-refractivity contribution is -0.140. The maximum absolute atomic E-state index is 13.3. The Morgan fingerprint density at radius 2 is 1.69 bits per heavy atom. The van der Waals surface area contributed by atoms with Crippen LogP contribution in [0.3, 0.4) is 0 Å². The maximum atomic E-state index is 13.3. The van der Waals surface area contributed by atoms with E-state index in [-0.39, 0.29) is 17.1 Å². The van der Waals surface area contributed by atoms with Crippen LogP contribution in [-0.2, 0) is 20.9 Å². The van der Waals surface area contributed by atoms with Crippen LogP contribution >= 0.6 is 0 Å². The second-order valence-electron chi connectivity index (χ2n) is 9.84. The summed E-state index contributed by atoms with van der Waals surface area (Å²) >= 11 is 0. The summed E-state index contributed by atoms with van der Waals surface area (Å²) < 4.78 is 11.3. The van der Waals surface area contributed by atoms with E-state index in [0.717, 1.165) is 24.2 Å². The molecule has 2 N–H and O–H groups in total. The van der Waals surface area contributed by atoms with Crippen LogP contribution in [0.1, 0.15) is 28.3 Å². The van der Waals surface area contributed by atoms with Gasteiger partial charge >= 0.3 is 0 Å². The molecule has 3 aromatic carbocycles. The molecule has 0 bridgehead atoms. The van der Waals surface area contributed by atoms with E-state index in [1.165, 1.54) is 17.0 Å². The van der Waals surface area contributed by atoms with Crippen molar-refractivity contribution in [1.29, 1.82) is 0 Å². The average molecular weight is 529 g/mol. The Kier molecular flexibility index (Phi) is 7.95. The number of Topliss-reactive ketones (excluding diaryl/α,β-unsaturated/α-hetero) is 1. The fourth-order valence-electron chi connectivity index (χ4n) is 5.02. The monoisotopic (exact) mass is 528 g/mol. The molecule has 0 radical (unpaired) electrons. The number of rotatable bonds is 8. The van der Waals surface area contributed by atoms with E-state index >= 15 is 0 Å². The molecule has 8 heteroatoms. The molecule has 0 aromatic heterocycles. The van der Waals surface area contributed by atoms with Crippen LogP contribution < -0.4 is 4.74 Å². The summed E-state index contributed by atoms with van der Waals surface area (Å²) in [6.45, 7) is 6.10. The molecule has 202 valence electrons. The Hall–Kier alpha value is -4.14. The first kappa shape index (κ1) is 26.5. The Balaban J connectivity index is 1.41. The topological polar surface area (TPSA) is 99.5 Å². The number of aromatic hydroxyl groups is 1. The Bertz CT molecular complexity index is 1360. The summed E-state index contributed by atoms with van der Waals surface area (Å²) in [6, 6.07) is 20.5. The van der Waals surface area contributed by atoms with Crippen molar-refractivity contribution in [3.8, 4) is 11.5 Å². The van der Waals surface area contributed by atoms with Crippen LogP contribution in [0.2, 0.25) is 0 Å². The summed E-state index contributed by atoms with van der Waals surface area (Å²) in [5.41, 5.74) is 3.27. The molecule has 2 aliphatic rings. The number of aliphatic hydroxyl groups is 1. The molecule has 0 aliphatic carbocycles. The summed E-state index contributed by atoms with van der Waals surface area (Å²) in [5, 5.41) is 21.1. The number of ketones is 1.